The number of likely N-dealkylation sites (tertiary alicyclic amines) is 1. The largest absolute Gasteiger partial charge is 0.376 e. The molecule has 2 amide bonds. The van der Waals surface area contributed by atoms with Crippen molar-refractivity contribution in [2.75, 3.05) is 36.4 Å². The van der Waals surface area contributed by atoms with Gasteiger partial charge < -0.3 is 15.1 Å². The summed E-state index contributed by atoms with van der Waals surface area (Å²) in [7, 11) is 0. The Labute approximate surface area is 176 Å². The van der Waals surface area contributed by atoms with Crippen LogP contribution in [0.3, 0.4) is 0 Å². The Kier molecular flexibility index (Phi) is 6.31. The molecular weight excluding hydrogens is 381 g/mol. The van der Waals surface area contributed by atoms with Gasteiger partial charge in [-0.15, -0.1) is 0 Å². The molecule has 5 nitrogen and oxygen atoms in total. The van der Waals surface area contributed by atoms with Crippen molar-refractivity contribution in [2.45, 2.75) is 32.1 Å². The molecule has 0 radical (unpaired) electrons. The zero-order chi connectivity index (χ0) is 20.9. The number of piperidine rings is 1. The second kappa shape index (κ2) is 9.28. The Hall–Kier alpha value is -2.89. The van der Waals surface area contributed by atoms with E-state index in [-0.39, 0.29) is 18.4 Å². The summed E-state index contributed by atoms with van der Waals surface area (Å²) in [6.07, 6.45) is 4.30. The number of amides is 2. The lowest BCUT2D eigenvalue weighted by atomic mass is 9.90. The minimum atomic E-state index is -0.440. The van der Waals surface area contributed by atoms with Crippen LogP contribution in [0.2, 0.25) is 0 Å². The van der Waals surface area contributed by atoms with Crippen LogP contribution in [-0.4, -0.2) is 42.9 Å². The smallest absolute Gasteiger partial charge is 0.241 e. The molecule has 0 spiro atoms. The lowest BCUT2D eigenvalue weighted by molar-refractivity contribution is -0.130. The van der Waals surface area contributed by atoms with Gasteiger partial charge in [0, 0.05) is 31.7 Å². The van der Waals surface area contributed by atoms with Crippen LogP contribution in [0.25, 0.3) is 0 Å². The van der Waals surface area contributed by atoms with E-state index >= 15 is 0 Å². The maximum absolute atomic E-state index is 14.4. The maximum Gasteiger partial charge on any atom is 0.241 e. The van der Waals surface area contributed by atoms with E-state index in [1.807, 2.05) is 11.0 Å². The minimum absolute atomic E-state index is 0.0346. The monoisotopic (exact) mass is 409 g/mol. The van der Waals surface area contributed by atoms with Crippen molar-refractivity contribution in [3.05, 3.63) is 59.9 Å². The lowest BCUT2D eigenvalue weighted by Gasteiger charge is -2.32. The van der Waals surface area contributed by atoms with Crippen molar-refractivity contribution >= 4 is 23.2 Å². The number of hydrogen-bond donors (Lipinski definition) is 1. The van der Waals surface area contributed by atoms with E-state index in [2.05, 4.69) is 29.6 Å². The van der Waals surface area contributed by atoms with Crippen molar-refractivity contribution in [1.29, 1.82) is 0 Å². The van der Waals surface area contributed by atoms with Crippen molar-refractivity contribution in [1.82, 2.24) is 4.90 Å². The molecule has 2 aromatic carbocycles. The van der Waals surface area contributed by atoms with E-state index in [9.17, 15) is 14.0 Å². The van der Waals surface area contributed by atoms with Gasteiger partial charge in [0.05, 0.1) is 12.2 Å². The molecule has 2 saturated heterocycles. The summed E-state index contributed by atoms with van der Waals surface area (Å²) >= 11 is 0. The highest BCUT2D eigenvalue weighted by Gasteiger charge is 2.25. The molecule has 2 fully saturated rings. The number of rotatable bonds is 6. The highest BCUT2D eigenvalue weighted by molar-refractivity contribution is 5.95. The van der Waals surface area contributed by atoms with Crippen molar-refractivity contribution in [3.63, 3.8) is 0 Å². The Morgan fingerprint density at radius 1 is 1.07 bits per heavy atom. The molecule has 2 aliphatic heterocycles. The van der Waals surface area contributed by atoms with Gasteiger partial charge in [-0.1, -0.05) is 30.3 Å². The Balaban J connectivity index is 1.25. The molecule has 0 bridgehead atoms. The molecule has 0 aromatic heterocycles. The Morgan fingerprint density at radius 2 is 1.83 bits per heavy atom. The van der Waals surface area contributed by atoms with E-state index in [1.54, 1.807) is 12.1 Å². The van der Waals surface area contributed by atoms with E-state index < -0.39 is 5.82 Å². The van der Waals surface area contributed by atoms with Gasteiger partial charge in [0.15, 0.2) is 0 Å². The van der Waals surface area contributed by atoms with Crippen LogP contribution in [0, 0.1) is 11.7 Å². The second-order valence-corrected chi connectivity index (χ2v) is 8.18. The lowest BCUT2D eigenvalue weighted by Crippen LogP contribution is -2.41. The van der Waals surface area contributed by atoms with Gasteiger partial charge in [0.1, 0.15) is 5.82 Å². The number of carbonyl (C=O) groups excluding carboxylic acids is 2. The molecule has 2 aliphatic rings. The van der Waals surface area contributed by atoms with E-state index in [0.29, 0.717) is 30.3 Å². The molecule has 2 aromatic rings. The third-order valence-corrected chi connectivity index (χ3v) is 6.09. The van der Waals surface area contributed by atoms with Crippen LogP contribution in [0.4, 0.5) is 15.8 Å². The van der Waals surface area contributed by atoms with Gasteiger partial charge in [-0.05, 0) is 55.4 Å². The zero-order valence-corrected chi connectivity index (χ0v) is 17.1. The van der Waals surface area contributed by atoms with Gasteiger partial charge in [0.2, 0.25) is 11.8 Å². The molecule has 0 atom stereocenters. The molecule has 6 heteroatoms. The fraction of sp³-hybridized carbons (Fsp3) is 0.417. The first-order valence-corrected chi connectivity index (χ1v) is 10.8. The summed E-state index contributed by atoms with van der Waals surface area (Å²) in [5.41, 5.74) is 2.22. The van der Waals surface area contributed by atoms with Crippen LogP contribution in [0.15, 0.2) is 48.5 Å². The van der Waals surface area contributed by atoms with Gasteiger partial charge in [-0.3, -0.25) is 9.59 Å². The normalized spacial score (nSPS) is 17.4. The maximum atomic E-state index is 14.4. The summed E-state index contributed by atoms with van der Waals surface area (Å²) in [5, 5.41) is 3.03. The number of hydrogen-bond acceptors (Lipinski definition) is 3. The van der Waals surface area contributed by atoms with E-state index in [0.717, 1.165) is 38.8 Å². The Bertz CT molecular complexity index is 895. The van der Waals surface area contributed by atoms with Crippen LogP contribution in [0.5, 0.6) is 0 Å². The Morgan fingerprint density at radius 3 is 2.50 bits per heavy atom. The fourth-order valence-electron chi connectivity index (χ4n) is 4.36. The second-order valence-electron chi connectivity index (χ2n) is 8.18. The first-order chi connectivity index (χ1) is 14.6. The summed E-state index contributed by atoms with van der Waals surface area (Å²) in [5.74, 6) is 0.164. The van der Waals surface area contributed by atoms with E-state index in [4.69, 9.17) is 0 Å². The molecule has 0 saturated carbocycles. The minimum Gasteiger partial charge on any atom is -0.376 e. The molecule has 4 rings (SSSR count). The first-order valence-electron chi connectivity index (χ1n) is 10.8. The number of nitrogens with zero attached hydrogens (tertiary/aromatic N) is 2. The number of anilines is 2. The summed E-state index contributed by atoms with van der Waals surface area (Å²) < 4.78 is 14.4. The molecule has 2 heterocycles. The third-order valence-electron chi connectivity index (χ3n) is 6.09. The molecule has 1 N–H and O–H groups in total. The van der Waals surface area contributed by atoms with Crippen molar-refractivity contribution < 1.29 is 14.0 Å². The highest BCUT2D eigenvalue weighted by atomic mass is 19.1. The van der Waals surface area contributed by atoms with Gasteiger partial charge in [-0.2, -0.15) is 0 Å². The van der Waals surface area contributed by atoms with Crippen LogP contribution < -0.4 is 10.2 Å². The third kappa shape index (κ3) is 4.81. The topological polar surface area (TPSA) is 52.7 Å². The van der Waals surface area contributed by atoms with Gasteiger partial charge in [0.25, 0.3) is 0 Å². The predicted octanol–water partition coefficient (Wildman–Crippen LogP) is 3.85. The fourth-order valence-corrected chi connectivity index (χ4v) is 4.36. The highest BCUT2D eigenvalue weighted by Crippen LogP contribution is 2.27. The number of carbonyl (C=O) groups is 2. The molecule has 30 heavy (non-hydrogen) atoms. The van der Waals surface area contributed by atoms with Gasteiger partial charge in [-0.25, -0.2) is 4.39 Å². The summed E-state index contributed by atoms with van der Waals surface area (Å²) in [4.78, 5) is 27.8. The number of halogens is 1. The predicted molar refractivity (Wildman–Crippen MR) is 116 cm³/mol. The van der Waals surface area contributed by atoms with E-state index in [1.165, 1.54) is 16.5 Å². The summed E-state index contributed by atoms with van der Waals surface area (Å²) in [6.45, 7) is 2.23. The van der Waals surface area contributed by atoms with Crippen LogP contribution >= 0.6 is 0 Å². The van der Waals surface area contributed by atoms with Crippen LogP contribution in [0.1, 0.15) is 31.2 Å². The average Bonchev–Trinajstić information content (AvgIpc) is 3.19. The molecule has 0 unspecified atom stereocenters. The van der Waals surface area contributed by atoms with Gasteiger partial charge >= 0.3 is 0 Å². The molecule has 158 valence electrons. The molecule has 0 aliphatic carbocycles. The van der Waals surface area contributed by atoms with Crippen molar-refractivity contribution in [2.24, 2.45) is 5.92 Å². The van der Waals surface area contributed by atoms with Crippen molar-refractivity contribution in [3.8, 4) is 0 Å². The SMILES string of the molecule is O=C(CNc1ccc(N2CCCC2=O)c(F)c1)N1CCC(Cc2ccccc2)CC1. The number of benzene rings is 2. The standard InChI is InChI=1S/C24H28FN3O2/c25-21-16-20(8-9-22(21)28-12-4-7-23(28)29)26-17-24(30)27-13-10-19(11-14-27)15-18-5-2-1-3-6-18/h1-3,5-6,8-9,16,19,26H,4,7,10-15,17H2. The summed E-state index contributed by atoms with van der Waals surface area (Å²) in [6, 6.07) is 15.2. The average molecular weight is 410 g/mol. The number of nitrogens with one attached hydrogen (secondary N) is 1. The zero-order valence-electron chi connectivity index (χ0n) is 17.1. The van der Waals surface area contributed by atoms with Crippen LogP contribution in [-0.2, 0) is 16.0 Å². The quantitative estimate of drug-likeness (QED) is 0.789. The molecular formula is C24H28FN3O2. The first kappa shape index (κ1) is 20.4.